The summed E-state index contributed by atoms with van der Waals surface area (Å²) in [6, 6.07) is 2.59. The zero-order valence-corrected chi connectivity index (χ0v) is 9.88. The molecule has 3 nitrogen and oxygen atoms in total. The molecule has 0 bridgehead atoms. The summed E-state index contributed by atoms with van der Waals surface area (Å²) in [5.74, 6) is -0.0223. The number of phenolic OH excluding ortho intramolecular Hbond substituents is 1. The van der Waals surface area contributed by atoms with Crippen LogP contribution in [0.15, 0.2) is 16.6 Å². The highest BCUT2D eigenvalue weighted by Crippen LogP contribution is 2.37. The van der Waals surface area contributed by atoms with Crippen molar-refractivity contribution in [3.8, 4) is 5.75 Å². The van der Waals surface area contributed by atoms with Crippen LogP contribution in [0.5, 0.6) is 5.75 Å². The molecule has 0 heterocycles. The average Bonchev–Trinajstić information content (AvgIpc) is 2.13. The first kappa shape index (κ1) is 11.8. The van der Waals surface area contributed by atoms with Crippen molar-refractivity contribution in [2.24, 2.45) is 5.73 Å². The highest BCUT2D eigenvalue weighted by molar-refractivity contribution is 9.10. The lowest BCUT2D eigenvalue weighted by Crippen LogP contribution is -2.23. The monoisotopic (exact) mass is 279 g/mol. The number of hydrogen-bond donors (Lipinski definition) is 3. The number of phenols is 1. The fourth-order valence-corrected chi connectivity index (χ4v) is 1.60. The Morgan fingerprint density at radius 3 is 2.57 bits per heavy atom. The molecular weight excluding hydrogens is 269 g/mol. The second-order valence-electron chi connectivity index (χ2n) is 3.07. The van der Waals surface area contributed by atoms with Crippen molar-refractivity contribution in [2.45, 2.75) is 19.1 Å². The third-order valence-corrected chi connectivity index (χ3v) is 3.33. The lowest BCUT2D eigenvalue weighted by atomic mass is 10.0. The van der Waals surface area contributed by atoms with Crippen LogP contribution in [-0.4, -0.2) is 16.3 Å². The summed E-state index contributed by atoms with van der Waals surface area (Å²) in [7, 11) is 0. The maximum Gasteiger partial charge on any atom is 0.136 e. The summed E-state index contributed by atoms with van der Waals surface area (Å²) >= 11 is 8.89. The van der Waals surface area contributed by atoms with Gasteiger partial charge in [-0.3, -0.25) is 0 Å². The van der Waals surface area contributed by atoms with Crippen molar-refractivity contribution in [3.05, 3.63) is 27.2 Å². The molecule has 0 aliphatic carbocycles. The van der Waals surface area contributed by atoms with Gasteiger partial charge in [0, 0.05) is 5.56 Å². The second-order valence-corrected chi connectivity index (χ2v) is 4.27. The van der Waals surface area contributed by atoms with Crippen molar-refractivity contribution in [1.82, 2.24) is 0 Å². The minimum Gasteiger partial charge on any atom is -0.506 e. The van der Waals surface area contributed by atoms with E-state index < -0.39 is 12.1 Å². The maximum absolute atomic E-state index is 9.68. The van der Waals surface area contributed by atoms with Gasteiger partial charge in [-0.25, -0.2) is 0 Å². The van der Waals surface area contributed by atoms with Gasteiger partial charge in [-0.1, -0.05) is 17.7 Å². The van der Waals surface area contributed by atoms with Crippen LogP contribution in [0.3, 0.4) is 0 Å². The average molecular weight is 281 g/mol. The number of aromatic hydroxyl groups is 1. The molecule has 1 rings (SSSR count). The number of nitrogens with two attached hydrogens (primary N) is 1. The quantitative estimate of drug-likeness (QED) is 0.778. The van der Waals surface area contributed by atoms with E-state index in [0.717, 1.165) is 0 Å². The van der Waals surface area contributed by atoms with Gasteiger partial charge in [-0.2, -0.15) is 0 Å². The van der Waals surface area contributed by atoms with E-state index >= 15 is 0 Å². The van der Waals surface area contributed by atoms with Crippen LogP contribution >= 0.6 is 27.5 Å². The van der Waals surface area contributed by atoms with Crippen molar-refractivity contribution in [1.29, 1.82) is 0 Å². The first-order valence-corrected chi connectivity index (χ1v) is 5.22. The Kier molecular flexibility index (Phi) is 3.78. The van der Waals surface area contributed by atoms with Gasteiger partial charge in [0.1, 0.15) is 5.75 Å². The van der Waals surface area contributed by atoms with E-state index in [2.05, 4.69) is 15.9 Å². The van der Waals surface area contributed by atoms with Gasteiger partial charge in [0.05, 0.1) is 21.6 Å². The first-order chi connectivity index (χ1) is 6.45. The Bertz CT molecular complexity index is 344. The van der Waals surface area contributed by atoms with Gasteiger partial charge in [0.2, 0.25) is 0 Å². The molecule has 1 aromatic carbocycles. The van der Waals surface area contributed by atoms with Gasteiger partial charge in [-0.05, 0) is 28.9 Å². The predicted molar refractivity (Wildman–Crippen MR) is 59.4 cm³/mol. The van der Waals surface area contributed by atoms with Gasteiger partial charge in [0.25, 0.3) is 0 Å². The number of aliphatic hydroxyl groups is 1. The minimum atomic E-state index is -0.728. The van der Waals surface area contributed by atoms with Crippen molar-refractivity contribution >= 4 is 27.5 Å². The normalized spacial score (nSPS) is 15.2. The molecule has 0 aromatic heterocycles. The number of benzene rings is 1. The third kappa shape index (κ3) is 2.20. The molecule has 2 atom stereocenters. The van der Waals surface area contributed by atoms with E-state index in [1.807, 2.05) is 0 Å². The summed E-state index contributed by atoms with van der Waals surface area (Å²) in [6.07, 6.45) is -0.728. The van der Waals surface area contributed by atoms with Crippen LogP contribution in [0.25, 0.3) is 0 Å². The molecule has 0 unspecified atom stereocenters. The number of aliphatic hydroxyl groups excluding tert-OH is 1. The zero-order valence-electron chi connectivity index (χ0n) is 7.54. The van der Waals surface area contributed by atoms with Gasteiger partial charge < -0.3 is 15.9 Å². The number of hydrogen-bond acceptors (Lipinski definition) is 3. The van der Waals surface area contributed by atoms with Crippen LogP contribution in [0.4, 0.5) is 0 Å². The van der Waals surface area contributed by atoms with Gasteiger partial charge >= 0.3 is 0 Å². The van der Waals surface area contributed by atoms with Gasteiger partial charge in [-0.15, -0.1) is 0 Å². The van der Waals surface area contributed by atoms with Crippen LogP contribution < -0.4 is 5.73 Å². The Labute approximate surface area is 95.6 Å². The molecule has 5 heteroatoms. The van der Waals surface area contributed by atoms with Crippen LogP contribution in [0, 0.1) is 0 Å². The van der Waals surface area contributed by atoms with Crippen molar-refractivity contribution < 1.29 is 10.2 Å². The lowest BCUT2D eigenvalue weighted by Gasteiger charge is -2.17. The zero-order chi connectivity index (χ0) is 10.9. The summed E-state index contributed by atoms with van der Waals surface area (Å²) in [5, 5.41) is 19.4. The largest absolute Gasteiger partial charge is 0.506 e. The van der Waals surface area contributed by atoms with Crippen LogP contribution in [0.1, 0.15) is 18.5 Å². The lowest BCUT2D eigenvalue weighted by molar-refractivity contribution is 0.163. The van der Waals surface area contributed by atoms with Crippen LogP contribution in [-0.2, 0) is 0 Å². The molecule has 0 aliphatic heterocycles. The maximum atomic E-state index is 9.68. The van der Waals surface area contributed by atoms with Crippen molar-refractivity contribution in [2.75, 3.05) is 0 Å². The standard InChI is InChI=1S/C9H11BrClNO2/c1-4(13)8(12)5-2-3-6(11)7(10)9(5)14/h2-4,8,13-14H,12H2,1H3/t4-,8-/m0/s1. The molecular formula is C9H11BrClNO2. The SMILES string of the molecule is C[C@H](O)[C@H](N)c1ccc(Cl)c(Br)c1O. The highest BCUT2D eigenvalue weighted by atomic mass is 79.9. The Morgan fingerprint density at radius 2 is 2.07 bits per heavy atom. The fraction of sp³-hybridized carbons (Fsp3) is 0.333. The fourth-order valence-electron chi connectivity index (χ4n) is 1.08. The van der Waals surface area contributed by atoms with E-state index in [4.69, 9.17) is 17.3 Å². The highest BCUT2D eigenvalue weighted by Gasteiger charge is 2.18. The van der Waals surface area contributed by atoms with Crippen LogP contribution in [0.2, 0.25) is 5.02 Å². The first-order valence-electron chi connectivity index (χ1n) is 4.05. The predicted octanol–water partition coefficient (Wildman–Crippen LogP) is 2.19. The topological polar surface area (TPSA) is 66.5 Å². The summed E-state index contributed by atoms with van der Waals surface area (Å²) in [6.45, 7) is 1.56. The Morgan fingerprint density at radius 1 is 1.50 bits per heavy atom. The Hall–Kier alpha value is -0.290. The Balaban J connectivity index is 3.17. The molecule has 0 amide bonds. The second kappa shape index (κ2) is 4.49. The number of halogens is 2. The summed E-state index contributed by atoms with van der Waals surface area (Å²) < 4.78 is 0.396. The molecule has 0 aliphatic rings. The van der Waals surface area contributed by atoms with E-state index in [-0.39, 0.29) is 5.75 Å². The molecule has 14 heavy (non-hydrogen) atoms. The number of rotatable bonds is 2. The van der Waals surface area contributed by atoms with E-state index in [1.54, 1.807) is 19.1 Å². The molecule has 0 radical (unpaired) electrons. The minimum absolute atomic E-state index is 0.0223. The summed E-state index contributed by atoms with van der Waals surface area (Å²) in [4.78, 5) is 0. The van der Waals surface area contributed by atoms with E-state index in [1.165, 1.54) is 0 Å². The molecule has 0 spiro atoms. The molecule has 0 fully saturated rings. The van der Waals surface area contributed by atoms with Gasteiger partial charge in [0.15, 0.2) is 0 Å². The molecule has 0 saturated carbocycles. The van der Waals surface area contributed by atoms with Crippen molar-refractivity contribution in [3.63, 3.8) is 0 Å². The van der Waals surface area contributed by atoms with E-state index in [9.17, 15) is 10.2 Å². The third-order valence-electron chi connectivity index (χ3n) is 1.98. The molecule has 0 saturated heterocycles. The molecule has 1 aromatic rings. The smallest absolute Gasteiger partial charge is 0.136 e. The molecule has 4 N–H and O–H groups in total. The molecule has 78 valence electrons. The van der Waals surface area contributed by atoms with E-state index in [0.29, 0.717) is 15.1 Å². The summed E-state index contributed by atoms with van der Waals surface area (Å²) in [5.41, 5.74) is 6.15.